The Hall–Kier alpha value is -4.33. The third-order valence-corrected chi connectivity index (χ3v) is 5.86. The molecule has 0 unspecified atom stereocenters. The fourth-order valence-electron chi connectivity index (χ4n) is 4.12. The van der Waals surface area contributed by atoms with Crippen LogP contribution in [0, 0.1) is 0 Å². The van der Waals surface area contributed by atoms with E-state index in [0.29, 0.717) is 0 Å². The molecule has 34 heavy (non-hydrogen) atoms. The summed E-state index contributed by atoms with van der Waals surface area (Å²) in [6, 6.07) is 18.6. The molecule has 1 aliphatic rings. The Morgan fingerprint density at radius 2 is 1.59 bits per heavy atom. The Morgan fingerprint density at radius 3 is 2.18 bits per heavy atom. The summed E-state index contributed by atoms with van der Waals surface area (Å²) in [6.45, 7) is 1.82. The van der Waals surface area contributed by atoms with E-state index < -0.39 is 24.0 Å². The monoisotopic (exact) mass is 460 g/mol. The Kier molecular flexibility index (Phi) is 6.49. The number of carbonyl (C=O) groups is 3. The number of benzene rings is 3. The number of nitrogens with one attached hydrogen (secondary N) is 2. The van der Waals surface area contributed by atoms with Gasteiger partial charge < -0.3 is 25.6 Å². The highest BCUT2D eigenvalue weighted by Crippen LogP contribution is 2.44. The molecule has 2 amide bonds. The minimum Gasteiger partial charge on any atom is -0.506 e. The summed E-state index contributed by atoms with van der Waals surface area (Å²) < 4.78 is 5.49. The first kappa shape index (κ1) is 22.8. The lowest BCUT2D eigenvalue weighted by Gasteiger charge is -2.19. The minimum absolute atomic E-state index is 0.0577. The molecule has 0 saturated carbocycles. The van der Waals surface area contributed by atoms with E-state index in [1.807, 2.05) is 48.5 Å². The van der Waals surface area contributed by atoms with Gasteiger partial charge in [0.05, 0.1) is 11.3 Å². The number of amides is 2. The lowest BCUT2D eigenvalue weighted by atomic mass is 9.98. The molecule has 4 N–H and O–H groups in total. The lowest BCUT2D eigenvalue weighted by Crippen LogP contribution is -2.43. The number of hydrogen-bond donors (Lipinski definition) is 4. The van der Waals surface area contributed by atoms with Crippen molar-refractivity contribution in [2.24, 2.45) is 0 Å². The molecule has 0 fully saturated rings. The maximum atomic E-state index is 12.7. The summed E-state index contributed by atoms with van der Waals surface area (Å²) in [5.41, 5.74) is 4.23. The number of carboxylic acids is 1. The largest absolute Gasteiger partial charge is 0.506 e. The molecule has 8 nitrogen and oxygen atoms in total. The van der Waals surface area contributed by atoms with Crippen molar-refractivity contribution in [2.75, 3.05) is 11.9 Å². The second-order valence-electron chi connectivity index (χ2n) is 7.96. The number of rotatable bonds is 7. The molecule has 4 rings (SSSR count). The first-order chi connectivity index (χ1) is 16.4. The van der Waals surface area contributed by atoms with E-state index in [1.165, 1.54) is 12.1 Å². The first-order valence-corrected chi connectivity index (χ1v) is 10.9. The number of phenolic OH excluding ortho intramolecular Hbond substituents is 1. The Labute approximate surface area is 196 Å². The number of phenols is 1. The molecular formula is C26H24N2O6. The Bertz CT molecular complexity index is 1210. The molecule has 0 aromatic heterocycles. The second-order valence-corrected chi connectivity index (χ2v) is 7.96. The van der Waals surface area contributed by atoms with Crippen LogP contribution in [0.1, 0.15) is 40.7 Å². The molecule has 0 bridgehead atoms. The van der Waals surface area contributed by atoms with Gasteiger partial charge in [-0.2, -0.15) is 0 Å². The van der Waals surface area contributed by atoms with Gasteiger partial charge in [-0.05, 0) is 46.9 Å². The number of anilines is 1. The van der Waals surface area contributed by atoms with Crippen molar-refractivity contribution in [1.29, 1.82) is 0 Å². The molecule has 0 saturated heterocycles. The fourth-order valence-corrected chi connectivity index (χ4v) is 4.12. The van der Waals surface area contributed by atoms with E-state index in [9.17, 15) is 19.5 Å². The molecule has 3 aromatic rings. The van der Waals surface area contributed by atoms with Crippen LogP contribution < -0.4 is 10.6 Å². The van der Waals surface area contributed by atoms with Crippen LogP contribution in [0.15, 0.2) is 66.7 Å². The molecule has 0 radical (unpaired) electrons. The highest BCUT2D eigenvalue weighted by atomic mass is 16.5. The van der Waals surface area contributed by atoms with E-state index in [-0.39, 0.29) is 35.9 Å². The van der Waals surface area contributed by atoms with Crippen molar-refractivity contribution >= 4 is 23.7 Å². The van der Waals surface area contributed by atoms with Gasteiger partial charge in [-0.25, -0.2) is 9.59 Å². The summed E-state index contributed by atoms with van der Waals surface area (Å²) in [4.78, 5) is 36.3. The number of aromatic hydroxyl groups is 1. The van der Waals surface area contributed by atoms with Gasteiger partial charge in [-0.15, -0.1) is 0 Å². The number of alkyl carbamates (subject to hydrolysis) is 1. The average molecular weight is 460 g/mol. The standard InChI is InChI=1S/C26H24N2O6/c1-2-21(24(30)27-22-13-15(25(31)32)11-12-23(22)29)28-26(33)34-14-20-18-9-5-3-7-16(18)17-8-4-6-10-19(17)20/h3-13,20-21,29H,2,14H2,1H3,(H,27,30)(H,28,33)(H,31,32)/t21-/m1/s1. The van der Waals surface area contributed by atoms with Crippen LogP contribution in [-0.2, 0) is 9.53 Å². The third-order valence-electron chi connectivity index (χ3n) is 5.86. The first-order valence-electron chi connectivity index (χ1n) is 10.9. The van der Waals surface area contributed by atoms with Gasteiger partial charge in [-0.1, -0.05) is 55.5 Å². The van der Waals surface area contributed by atoms with Gasteiger partial charge >= 0.3 is 12.1 Å². The topological polar surface area (TPSA) is 125 Å². The molecular weight excluding hydrogens is 436 g/mol. The zero-order chi connectivity index (χ0) is 24.2. The van der Waals surface area contributed by atoms with Gasteiger partial charge in [0.15, 0.2) is 0 Å². The molecule has 0 spiro atoms. The molecule has 1 atom stereocenters. The van der Waals surface area contributed by atoms with Crippen LogP contribution in [0.4, 0.5) is 10.5 Å². The van der Waals surface area contributed by atoms with Crippen LogP contribution in [0.3, 0.4) is 0 Å². The van der Waals surface area contributed by atoms with Crippen LogP contribution in [0.25, 0.3) is 11.1 Å². The average Bonchev–Trinajstić information content (AvgIpc) is 3.16. The number of carbonyl (C=O) groups excluding carboxylic acids is 2. The molecule has 8 heteroatoms. The maximum absolute atomic E-state index is 12.7. The number of ether oxygens (including phenoxy) is 1. The van der Waals surface area contributed by atoms with Crippen molar-refractivity contribution in [3.8, 4) is 16.9 Å². The maximum Gasteiger partial charge on any atom is 0.407 e. The summed E-state index contributed by atoms with van der Waals surface area (Å²) in [6.07, 6.45) is -0.484. The number of fused-ring (bicyclic) bond motifs is 3. The van der Waals surface area contributed by atoms with Gasteiger partial charge in [0.2, 0.25) is 5.91 Å². The van der Waals surface area contributed by atoms with Crippen LogP contribution >= 0.6 is 0 Å². The summed E-state index contributed by atoms with van der Waals surface area (Å²) >= 11 is 0. The SMILES string of the molecule is CC[C@@H](NC(=O)OCC1c2ccccc2-c2ccccc21)C(=O)Nc1cc(C(=O)O)ccc1O. The highest BCUT2D eigenvalue weighted by Gasteiger charge is 2.29. The van der Waals surface area contributed by atoms with E-state index in [0.717, 1.165) is 28.3 Å². The smallest absolute Gasteiger partial charge is 0.407 e. The lowest BCUT2D eigenvalue weighted by molar-refractivity contribution is -0.118. The summed E-state index contributed by atoms with van der Waals surface area (Å²) in [5.74, 6) is -2.19. The van der Waals surface area contributed by atoms with E-state index in [4.69, 9.17) is 9.84 Å². The van der Waals surface area contributed by atoms with Crippen molar-refractivity contribution in [3.05, 3.63) is 83.4 Å². The fraction of sp³-hybridized carbons (Fsp3) is 0.192. The summed E-state index contributed by atoms with van der Waals surface area (Å²) in [5, 5.41) is 24.1. The minimum atomic E-state index is -1.20. The number of carboxylic acid groups (broad SMARTS) is 1. The quantitative estimate of drug-likeness (QED) is 0.389. The predicted octanol–water partition coefficient (Wildman–Crippen LogP) is 4.35. The van der Waals surface area contributed by atoms with E-state index >= 15 is 0 Å². The predicted molar refractivity (Wildman–Crippen MR) is 126 cm³/mol. The van der Waals surface area contributed by atoms with Crippen LogP contribution in [-0.4, -0.2) is 40.8 Å². The van der Waals surface area contributed by atoms with Gasteiger partial charge in [-0.3, -0.25) is 4.79 Å². The van der Waals surface area contributed by atoms with Crippen molar-refractivity contribution in [2.45, 2.75) is 25.3 Å². The van der Waals surface area contributed by atoms with Crippen LogP contribution in [0.5, 0.6) is 5.75 Å². The normalized spacial score (nSPS) is 12.9. The molecule has 0 aliphatic heterocycles. The Balaban J connectivity index is 1.40. The molecule has 3 aromatic carbocycles. The van der Waals surface area contributed by atoms with E-state index in [2.05, 4.69) is 10.6 Å². The number of aromatic carboxylic acids is 1. The second kappa shape index (κ2) is 9.66. The van der Waals surface area contributed by atoms with Crippen LogP contribution in [0.2, 0.25) is 0 Å². The summed E-state index contributed by atoms with van der Waals surface area (Å²) in [7, 11) is 0. The highest BCUT2D eigenvalue weighted by molar-refractivity contribution is 5.99. The van der Waals surface area contributed by atoms with Crippen molar-refractivity contribution in [1.82, 2.24) is 5.32 Å². The van der Waals surface area contributed by atoms with Gasteiger partial charge in [0, 0.05) is 5.92 Å². The van der Waals surface area contributed by atoms with Gasteiger partial charge in [0.1, 0.15) is 18.4 Å². The molecule has 174 valence electrons. The zero-order valence-corrected chi connectivity index (χ0v) is 18.4. The van der Waals surface area contributed by atoms with E-state index in [1.54, 1.807) is 6.92 Å². The number of hydrogen-bond acceptors (Lipinski definition) is 5. The van der Waals surface area contributed by atoms with Gasteiger partial charge in [0.25, 0.3) is 0 Å². The van der Waals surface area contributed by atoms with Crippen molar-refractivity contribution in [3.63, 3.8) is 0 Å². The third kappa shape index (κ3) is 4.56. The Morgan fingerprint density at radius 1 is 0.971 bits per heavy atom. The zero-order valence-electron chi connectivity index (χ0n) is 18.4. The van der Waals surface area contributed by atoms with Crippen molar-refractivity contribution < 1.29 is 29.3 Å². The molecule has 1 aliphatic carbocycles. The molecule has 0 heterocycles.